The Labute approximate surface area is 98.6 Å². The van der Waals surface area contributed by atoms with Crippen molar-refractivity contribution < 1.29 is 9.50 Å². The highest BCUT2D eigenvalue weighted by molar-refractivity contribution is 6.32. The Morgan fingerprint density at radius 1 is 1.47 bits per heavy atom. The van der Waals surface area contributed by atoms with Gasteiger partial charge in [0.1, 0.15) is 16.6 Å². The van der Waals surface area contributed by atoms with E-state index in [1.807, 2.05) is 0 Å². The van der Waals surface area contributed by atoms with Crippen LogP contribution < -0.4 is 11.5 Å². The third-order valence-electron chi connectivity index (χ3n) is 1.98. The van der Waals surface area contributed by atoms with Crippen LogP contribution in [0.2, 0.25) is 5.02 Å². The Balaban J connectivity index is 0.00000196. The molecule has 0 aromatic heterocycles. The van der Waals surface area contributed by atoms with Gasteiger partial charge in [0.15, 0.2) is 0 Å². The van der Waals surface area contributed by atoms with Crippen LogP contribution in [-0.4, -0.2) is 11.7 Å². The molecule has 0 saturated carbocycles. The van der Waals surface area contributed by atoms with Crippen molar-refractivity contribution in [3.63, 3.8) is 0 Å². The van der Waals surface area contributed by atoms with Crippen LogP contribution in [0.4, 0.5) is 4.39 Å². The van der Waals surface area contributed by atoms with E-state index in [-0.39, 0.29) is 23.2 Å². The summed E-state index contributed by atoms with van der Waals surface area (Å²) in [5.74, 6) is -0.958. The molecule has 1 atom stereocenters. The molecule has 5 N–H and O–H groups in total. The van der Waals surface area contributed by atoms with Crippen LogP contribution in [0.5, 0.6) is 5.75 Å². The molecule has 0 saturated heterocycles. The monoisotopic (exact) mass is 254 g/mol. The maximum atomic E-state index is 12.9. The van der Waals surface area contributed by atoms with Gasteiger partial charge in [-0.1, -0.05) is 17.7 Å². The Hall–Kier alpha value is -0.550. The molecule has 0 amide bonds. The summed E-state index contributed by atoms with van der Waals surface area (Å²) in [6, 6.07) is 2.17. The molecule has 0 unspecified atom stereocenters. The van der Waals surface area contributed by atoms with Gasteiger partial charge in [-0.15, -0.1) is 12.4 Å². The lowest BCUT2D eigenvalue weighted by molar-refractivity contribution is 0.453. The average Bonchev–Trinajstić information content (AvgIpc) is 2.15. The number of benzene rings is 1. The summed E-state index contributed by atoms with van der Waals surface area (Å²) in [5.41, 5.74) is 11.4. The molecule has 1 rings (SSSR count). The Bertz CT molecular complexity index is 336. The van der Waals surface area contributed by atoms with Crippen molar-refractivity contribution in [2.24, 2.45) is 11.5 Å². The summed E-state index contributed by atoms with van der Waals surface area (Å²) >= 11 is 5.52. The molecular formula is C9H13Cl2FN2O. The van der Waals surface area contributed by atoms with Crippen molar-refractivity contribution in [1.29, 1.82) is 0 Å². The van der Waals surface area contributed by atoms with Crippen molar-refractivity contribution in [3.8, 4) is 5.75 Å². The zero-order chi connectivity index (χ0) is 10.7. The third kappa shape index (κ3) is 3.21. The van der Waals surface area contributed by atoms with Crippen molar-refractivity contribution in [1.82, 2.24) is 0 Å². The smallest absolute Gasteiger partial charge is 0.145 e. The molecule has 0 spiro atoms. The van der Waals surface area contributed by atoms with Crippen LogP contribution in [0.1, 0.15) is 18.0 Å². The number of hydrogen-bond donors (Lipinski definition) is 3. The lowest BCUT2D eigenvalue weighted by atomic mass is 10.0. The largest absolute Gasteiger partial charge is 0.506 e. The first-order chi connectivity index (χ1) is 6.57. The average molecular weight is 255 g/mol. The molecule has 0 bridgehead atoms. The second kappa shape index (κ2) is 6.12. The molecule has 3 nitrogen and oxygen atoms in total. The molecule has 15 heavy (non-hydrogen) atoms. The molecule has 6 heteroatoms. The third-order valence-corrected chi connectivity index (χ3v) is 2.34. The van der Waals surface area contributed by atoms with Gasteiger partial charge in [-0.3, -0.25) is 0 Å². The van der Waals surface area contributed by atoms with Gasteiger partial charge in [0.25, 0.3) is 0 Å². The molecule has 0 aliphatic rings. The Morgan fingerprint density at radius 2 is 2.07 bits per heavy atom. The first-order valence-corrected chi connectivity index (χ1v) is 4.58. The second-order valence-electron chi connectivity index (χ2n) is 2.98. The first-order valence-electron chi connectivity index (χ1n) is 4.20. The quantitative estimate of drug-likeness (QED) is 0.773. The zero-order valence-electron chi connectivity index (χ0n) is 7.91. The Morgan fingerprint density at radius 3 is 2.60 bits per heavy atom. The number of rotatable bonds is 3. The SMILES string of the molecule is Cl.NCC[C@H](N)c1ccc(F)c(Cl)c1O. The molecule has 0 aliphatic carbocycles. The fourth-order valence-corrected chi connectivity index (χ4v) is 1.36. The number of phenolic OH excluding ortho intramolecular Hbond substituents is 1. The van der Waals surface area contributed by atoms with Crippen molar-refractivity contribution >= 4 is 24.0 Å². The first kappa shape index (κ1) is 14.5. The number of halogens is 3. The highest BCUT2D eigenvalue weighted by Crippen LogP contribution is 2.33. The van der Waals surface area contributed by atoms with E-state index >= 15 is 0 Å². The number of phenols is 1. The summed E-state index contributed by atoms with van der Waals surface area (Å²) in [6.45, 7) is 0.398. The summed E-state index contributed by atoms with van der Waals surface area (Å²) < 4.78 is 12.9. The minimum absolute atomic E-state index is 0. The van der Waals surface area contributed by atoms with Gasteiger partial charge in [0.2, 0.25) is 0 Å². The van der Waals surface area contributed by atoms with E-state index in [1.165, 1.54) is 12.1 Å². The molecule has 86 valence electrons. The lowest BCUT2D eigenvalue weighted by Gasteiger charge is -2.13. The van der Waals surface area contributed by atoms with Gasteiger partial charge in [-0.05, 0) is 19.0 Å². The van der Waals surface area contributed by atoms with E-state index < -0.39 is 11.9 Å². The summed E-state index contributed by atoms with van der Waals surface area (Å²) in [5, 5.41) is 9.19. The van der Waals surface area contributed by atoms with Crippen LogP contribution >= 0.6 is 24.0 Å². The topological polar surface area (TPSA) is 72.3 Å². The second-order valence-corrected chi connectivity index (χ2v) is 3.36. The van der Waals surface area contributed by atoms with Crippen LogP contribution in [-0.2, 0) is 0 Å². The molecule has 1 aromatic rings. The van der Waals surface area contributed by atoms with Gasteiger partial charge in [0.05, 0.1) is 0 Å². The van der Waals surface area contributed by atoms with Gasteiger partial charge in [-0.2, -0.15) is 0 Å². The van der Waals surface area contributed by atoms with E-state index in [2.05, 4.69) is 0 Å². The highest BCUT2D eigenvalue weighted by Gasteiger charge is 2.15. The number of nitrogens with two attached hydrogens (primary N) is 2. The summed E-state index contributed by atoms with van der Waals surface area (Å²) in [6.07, 6.45) is 0.509. The maximum absolute atomic E-state index is 12.9. The van der Waals surface area contributed by atoms with Crippen LogP contribution in [0, 0.1) is 5.82 Å². The van der Waals surface area contributed by atoms with E-state index in [1.54, 1.807) is 0 Å². The van der Waals surface area contributed by atoms with Crippen molar-refractivity contribution in [3.05, 3.63) is 28.5 Å². The molecule has 0 heterocycles. The maximum Gasteiger partial charge on any atom is 0.145 e. The summed E-state index contributed by atoms with van der Waals surface area (Å²) in [4.78, 5) is 0. The van der Waals surface area contributed by atoms with Gasteiger partial charge >= 0.3 is 0 Å². The van der Waals surface area contributed by atoms with Gasteiger partial charge < -0.3 is 16.6 Å². The molecule has 1 aromatic carbocycles. The van der Waals surface area contributed by atoms with Gasteiger partial charge in [0, 0.05) is 11.6 Å². The normalized spacial score (nSPS) is 12.0. The van der Waals surface area contributed by atoms with Crippen LogP contribution in [0.15, 0.2) is 12.1 Å². The van der Waals surface area contributed by atoms with E-state index in [4.69, 9.17) is 23.1 Å². The fraction of sp³-hybridized carbons (Fsp3) is 0.333. The van der Waals surface area contributed by atoms with Crippen molar-refractivity contribution in [2.75, 3.05) is 6.54 Å². The predicted molar refractivity (Wildman–Crippen MR) is 60.9 cm³/mol. The van der Waals surface area contributed by atoms with E-state index in [9.17, 15) is 9.50 Å². The minimum atomic E-state index is -0.659. The molecule has 0 radical (unpaired) electrons. The minimum Gasteiger partial charge on any atom is -0.506 e. The van der Waals surface area contributed by atoms with E-state index in [0.717, 1.165) is 0 Å². The molecule has 0 aliphatic heterocycles. The van der Waals surface area contributed by atoms with Gasteiger partial charge in [-0.25, -0.2) is 4.39 Å². The molecular weight excluding hydrogens is 242 g/mol. The number of aromatic hydroxyl groups is 1. The number of hydrogen-bond acceptors (Lipinski definition) is 3. The zero-order valence-corrected chi connectivity index (χ0v) is 9.48. The Kier molecular flexibility index (Phi) is 5.90. The lowest BCUT2D eigenvalue weighted by Crippen LogP contribution is -2.15. The van der Waals surface area contributed by atoms with E-state index in [0.29, 0.717) is 18.5 Å². The van der Waals surface area contributed by atoms with Crippen LogP contribution in [0.25, 0.3) is 0 Å². The highest BCUT2D eigenvalue weighted by atomic mass is 35.5. The standard InChI is InChI=1S/C9H12ClFN2O.ClH/c10-8-6(11)2-1-5(9(8)14)7(13)3-4-12;/h1-2,7,14H,3-4,12-13H2;1H/t7-;/m0./s1. The summed E-state index contributed by atoms with van der Waals surface area (Å²) in [7, 11) is 0. The van der Waals surface area contributed by atoms with Crippen molar-refractivity contribution in [2.45, 2.75) is 12.5 Å². The predicted octanol–water partition coefficient (Wildman–Crippen LogP) is 1.96. The molecule has 0 fully saturated rings. The fourth-order valence-electron chi connectivity index (χ4n) is 1.19. The van der Waals surface area contributed by atoms with Crippen LogP contribution in [0.3, 0.4) is 0 Å².